The zero-order valence-electron chi connectivity index (χ0n) is 41.0. The Hall–Kier alpha value is -6.50. The number of aromatic nitrogens is 1. The van der Waals surface area contributed by atoms with Crippen LogP contribution in [0.1, 0.15) is 49.8 Å². The highest BCUT2D eigenvalue weighted by atomic mass is 33.1. The summed E-state index contributed by atoms with van der Waals surface area (Å²) in [5.74, 6) is -7.33. The molecular weight excluding hydrogens is 979 g/mol. The highest BCUT2D eigenvalue weighted by molar-refractivity contribution is 8.76. The van der Waals surface area contributed by atoms with E-state index in [1.54, 1.807) is 48.7 Å². The van der Waals surface area contributed by atoms with Gasteiger partial charge in [-0.05, 0) is 68.8 Å². The lowest BCUT2D eigenvalue weighted by Crippen LogP contribution is -2.62. The van der Waals surface area contributed by atoms with Crippen molar-refractivity contribution in [3.05, 3.63) is 108 Å². The van der Waals surface area contributed by atoms with Crippen molar-refractivity contribution in [3.8, 4) is 0 Å². The maximum Gasteiger partial charge on any atom is 0.245 e. The first kappa shape index (κ1) is 57.4. The molecular formula is C50H67N11O10S2. The molecule has 0 unspecified atom stereocenters. The average Bonchev–Trinajstić information content (AvgIpc) is 3.77. The minimum atomic E-state index is -1.71. The van der Waals surface area contributed by atoms with Crippen LogP contribution in [-0.4, -0.2) is 153 Å². The number of primary amides is 1. The molecule has 3 aromatic carbocycles. The number of para-hydroxylation sites is 1. The molecule has 8 amide bonds. The van der Waals surface area contributed by atoms with Gasteiger partial charge >= 0.3 is 0 Å². The van der Waals surface area contributed by atoms with Crippen molar-refractivity contribution in [2.45, 2.75) is 113 Å². The number of nitrogens with one attached hydrogen (secondary N) is 7. The number of amides is 8. The predicted octanol–water partition coefficient (Wildman–Crippen LogP) is -0.970. The Morgan fingerprint density at radius 1 is 0.726 bits per heavy atom. The molecule has 2 heterocycles. The van der Waals surface area contributed by atoms with Gasteiger partial charge in [-0.1, -0.05) is 100 Å². The molecule has 0 spiro atoms. The highest BCUT2D eigenvalue weighted by Crippen LogP contribution is 2.26. The van der Waals surface area contributed by atoms with Gasteiger partial charge in [0.05, 0.1) is 18.2 Å². The number of carbonyl (C=O) groups is 8. The third-order valence-electron chi connectivity index (χ3n) is 12.3. The summed E-state index contributed by atoms with van der Waals surface area (Å²) in [6.45, 7) is 2.71. The summed E-state index contributed by atoms with van der Waals surface area (Å²) in [6.07, 6.45) is -0.536. The summed E-state index contributed by atoms with van der Waals surface area (Å²) in [5, 5.41) is 37.8. The Bertz CT molecular complexity index is 2520. The van der Waals surface area contributed by atoms with Gasteiger partial charge in [-0.25, -0.2) is 0 Å². The molecule has 73 heavy (non-hydrogen) atoms. The summed E-state index contributed by atoms with van der Waals surface area (Å²) in [5.41, 5.74) is 20.5. The molecule has 0 bridgehead atoms. The minimum absolute atomic E-state index is 0.0126. The zero-order valence-corrected chi connectivity index (χ0v) is 42.6. The number of aliphatic hydroxyl groups excluding tert-OH is 2. The first-order valence-corrected chi connectivity index (χ1v) is 26.4. The first-order valence-electron chi connectivity index (χ1n) is 24.0. The fourth-order valence-electron chi connectivity index (χ4n) is 8.11. The number of likely N-dealkylation sites (N-methyl/N-ethyl adjacent to an activating group) is 1. The largest absolute Gasteiger partial charge is 0.391 e. The number of aromatic amines is 1. The molecule has 5 rings (SSSR count). The van der Waals surface area contributed by atoms with E-state index < -0.39 is 108 Å². The molecule has 23 heteroatoms. The molecule has 10 atom stereocenters. The van der Waals surface area contributed by atoms with Gasteiger partial charge in [-0.2, -0.15) is 0 Å². The molecule has 1 aliphatic rings. The van der Waals surface area contributed by atoms with Crippen molar-refractivity contribution in [2.24, 2.45) is 17.2 Å². The summed E-state index contributed by atoms with van der Waals surface area (Å²) in [7, 11) is 3.41. The van der Waals surface area contributed by atoms with Gasteiger partial charge in [0.2, 0.25) is 47.3 Å². The number of hydrogen-bond donors (Lipinski definition) is 12. The average molecular weight is 1050 g/mol. The van der Waals surface area contributed by atoms with Crippen LogP contribution in [0.5, 0.6) is 0 Å². The number of hydrogen-bond acceptors (Lipinski definition) is 14. The molecule has 0 saturated carbocycles. The van der Waals surface area contributed by atoms with Crippen molar-refractivity contribution >= 4 is 79.7 Å². The number of carbonyl (C=O) groups excluding carboxylic acids is 8. The van der Waals surface area contributed by atoms with Crippen molar-refractivity contribution in [1.29, 1.82) is 0 Å². The second-order valence-electron chi connectivity index (χ2n) is 18.0. The number of nitrogens with two attached hydrogens (primary N) is 3. The monoisotopic (exact) mass is 1050 g/mol. The van der Waals surface area contributed by atoms with E-state index in [4.69, 9.17) is 17.2 Å². The fourth-order valence-corrected chi connectivity index (χ4v) is 10.6. The van der Waals surface area contributed by atoms with E-state index in [0.717, 1.165) is 38.1 Å². The standard InChI is InChI=1S/C50H67N11O10S2/c1-28(62)41(43(53)64)59-47(68)39-26-72-73-27-40(61(3)50(71)34(52)22-30-14-6-4-7-15-30)48(69)57-37(23-31-16-8-5-9-17-31)45(66)56-38(24-32-25-54-35-19-11-10-18-33(32)35)46(67)55-36(20-12-13-21-51)44(65)60-42(29(2)63)49(70)58-39/h4-11,14-19,25,28-29,34,36-42,54,62-63H,12-13,20-24,26-27,51-52H2,1-3H3,(H2,53,64)(H,55,67)(H,56,66)(H,57,69)(H,58,70)(H,59,68)(H,60,65)/t28-,29-,34-,36+,37+,38+,39+,40-,41+,42+/m1/s1. The van der Waals surface area contributed by atoms with Crippen molar-refractivity contribution < 1.29 is 48.6 Å². The van der Waals surface area contributed by atoms with Crippen LogP contribution in [-0.2, 0) is 57.6 Å². The van der Waals surface area contributed by atoms with E-state index in [9.17, 15) is 48.6 Å². The molecule has 15 N–H and O–H groups in total. The van der Waals surface area contributed by atoms with Gasteiger partial charge in [-0.15, -0.1) is 0 Å². The van der Waals surface area contributed by atoms with Crippen LogP contribution in [0.25, 0.3) is 10.9 Å². The van der Waals surface area contributed by atoms with Crippen molar-refractivity contribution in [3.63, 3.8) is 0 Å². The normalized spacial score (nSPS) is 22.5. The van der Waals surface area contributed by atoms with Crippen LogP contribution < -0.4 is 49.1 Å². The van der Waals surface area contributed by atoms with Crippen LogP contribution in [0, 0.1) is 0 Å². The molecule has 394 valence electrons. The van der Waals surface area contributed by atoms with E-state index in [1.165, 1.54) is 25.8 Å². The van der Waals surface area contributed by atoms with Crippen LogP contribution in [0.2, 0.25) is 0 Å². The number of nitrogens with zero attached hydrogens (tertiary/aromatic N) is 1. The van der Waals surface area contributed by atoms with Crippen LogP contribution in [0.15, 0.2) is 91.1 Å². The topological polar surface area (TPSA) is 346 Å². The van der Waals surface area contributed by atoms with Gasteiger partial charge < -0.3 is 69.2 Å². The Balaban J connectivity index is 1.59. The van der Waals surface area contributed by atoms with E-state index in [2.05, 4.69) is 36.9 Å². The highest BCUT2D eigenvalue weighted by Gasteiger charge is 2.38. The Morgan fingerprint density at radius 2 is 1.30 bits per heavy atom. The number of benzene rings is 3. The summed E-state index contributed by atoms with van der Waals surface area (Å²) < 4.78 is 0. The van der Waals surface area contributed by atoms with Crippen LogP contribution in [0.4, 0.5) is 0 Å². The summed E-state index contributed by atoms with van der Waals surface area (Å²) in [6, 6.07) is 13.9. The van der Waals surface area contributed by atoms with E-state index in [1.807, 2.05) is 42.5 Å². The lowest BCUT2D eigenvalue weighted by Gasteiger charge is -2.31. The molecule has 1 aliphatic heterocycles. The third kappa shape index (κ3) is 16.8. The van der Waals surface area contributed by atoms with Crippen LogP contribution in [0.3, 0.4) is 0 Å². The van der Waals surface area contributed by atoms with Crippen molar-refractivity contribution in [1.82, 2.24) is 41.8 Å². The molecule has 4 aromatic rings. The Morgan fingerprint density at radius 3 is 1.93 bits per heavy atom. The van der Waals surface area contributed by atoms with Crippen LogP contribution >= 0.6 is 21.6 Å². The fraction of sp³-hybridized carbons (Fsp3) is 0.440. The SMILES string of the molecule is C[C@@H](O)[C@H](NC(=O)[C@@H]1CSSC[C@@H](N(C)C(=O)[C@H](N)Cc2ccccc2)C(=O)N[C@@H](Cc2ccccc2)C(=O)N[C@@H](Cc2c[nH]c3ccccc23)C(=O)N[C@@H](CCCCN)C(=O)N[C@@H]([C@@H](C)O)C(=O)N1)C(N)=O. The number of rotatable bonds is 17. The summed E-state index contributed by atoms with van der Waals surface area (Å²) >= 11 is 0. The van der Waals surface area contributed by atoms with E-state index in [-0.39, 0.29) is 43.7 Å². The first-order chi connectivity index (χ1) is 34.9. The zero-order chi connectivity index (χ0) is 53.2. The van der Waals surface area contributed by atoms with E-state index >= 15 is 0 Å². The molecule has 0 radical (unpaired) electrons. The van der Waals surface area contributed by atoms with Gasteiger partial charge in [0, 0.05) is 48.5 Å². The van der Waals surface area contributed by atoms with Gasteiger partial charge in [0.15, 0.2) is 0 Å². The smallest absolute Gasteiger partial charge is 0.245 e. The lowest BCUT2D eigenvalue weighted by molar-refractivity contribution is -0.140. The molecule has 1 saturated heterocycles. The maximum atomic E-state index is 14.8. The minimum Gasteiger partial charge on any atom is -0.391 e. The van der Waals surface area contributed by atoms with Crippen molar-refractivity contribution in [2.75, 3.05) is 25.1 Å². The summed E-state index contributed by atoms with van der Waals surface area (Å²) in [4.78, 5) is 117. The van der Waals surface area contributed by atoms with E-state index in [0.29, 0.717) is 24.0 Å². The Kier molecular flexibility index (Phi) is 22.1. The molecule has 0 aliphatic carbocycles. The second-order valence-corrected chi connectivity index (χ2v) is 20.5. The quantitative estimate of drug-likeness (QED) is 0.0448. The number of unbranched alkanes of at least 4 members (excludes halogenated alkanes) is 1. The number of H-pyrrole nitrogens is 1. The van der Waals surface area contributed by atoms with Gasteiger partial charge in [0.25, 0.3) is 0 Å². The van der Waals surface area contributed by atoms with Gasteiger partial charge in [0.1, 0.15) is 42.3 Å². The number of aliphatic hydroxyl groups is 2. The maximum absolute atomic E-state index is 14.8. The third-order valence-corrected chi connectivity index (χ3v) is 14.7. The Labute approximate surface area is 431 Å². The number of fused-ring (bicyclic) bond motifs is 1. The molecule has 1 aromatic heterocycles. The van der Waals surface area contributed by atoms with Gasteiger partial charge in [-0.3, -0.25) is 38.4 Å². The molecule has 1 fully saturated rings. The lowest BCUT2D eigenvalue weighted by atomic mass is 10.0. The predicted molar refractivity (Wildman–Crippen MR) is 279 cm³/mol. The molecule has 21 nitrogen and oxygen atoms in total. The second kappa shape index (κ2) is 28.1.